The summed E-state index contributed by atoms with van der Waals surface area (Å²) >= 11 is 0.626. The first-order valence-electron chi connectivity index (χ1n) is 8.52. The molecule has 32 heavy (non-hydrogen) atoms. The lowest BCUT2D eigenvalue weighted by molar-refractivity contribution is -0.274. The van der Waals surface area contributed by atoms with Gasteiger partial charge in [0, 0.05) is 13.0 Å². The van der Waals surface area contributed by atoms with Crippen molar-refractivity contribution in [2.24, 2.45) is 5.73 Å². The largest absolute Gasteiger partial charge is 0.573 e. The van der Waals surface area contributed by atoms with Gasteiger partial charge in [0.15, 0.2) is 5.60 Å². The zero-order valence-corrected chi connectivity index (χ0v) is 18.3. The molecule has 1 unspecified atom stereocenters. The molecule has 0 fully saturated rings. The van der Waals surface area contributed by atoms with Crippen LogP contribution in [0.15, 0.2) is 33.4 Å². The Hall–Kier alpha value is -3.00. The summed E-state index contributed by atoms with van der Waals surface area (Å²) in [6.45, 7) is 3.68. The third-order valence-electron chi connectivity index (χ3n) is 3.67. The first-order valence-corrected chi connectivity index (χ1v) is 10.5. The predicted octanol–water partition coefficient (Wildman–Crippen LogP) is 3.33. The van der Waals surface area contributed by atoms with Crippen molar-refractivity contribution in [2.45, 2.75) is 41.8 Å². The van der Waals surface area contributed by atoms with Crippen LogP contribution in [0.5, 0.6) is 5.75 Å². The van der Waals surface area contributed by atoms with E-state index in [9.17, 15) is 36.2 Å². The van der Waals surface area contributed by atoms with Crippen molar-refractivity contribution >= 4 is 44.9 Å². The standard InChI is InChI=1S/C18H16F4N2O6S2/c1-8(25)29-17(2,3)16(27)24-15-10(14(23)26)7-13(31-15)32(28)12-5-4-9(6-11(12)19)30-18(20,21)22/h4-7H,1-3H3,(H2,23,26)(H,24,27). The van der Waals surface area contributed by atoms with Gasteiger partial charge in [0.1, 0.15) is 16.6 Å². The van der Waals surface area contributed by atoms with Crippen LogP contribution in [0.1, 0.15) is 31.1 Å². The van der Waals surface area contributed by atoms with Crippen LogP contribution in [-0.2, 0) is 25.1 Å². The van der Waals surface area contributed by atoms with Crippen LogP contribution >= 0.6 is 11.3 Å². The monoisotopic (exact) mass is 496 g/mol. The number of benzene rings is 1. The Labute approximate surface area is 185 Å². The molecule has 1 atom stereocenters. The molecular weight excluding hydrogens is 480 g/mol. The molecule has 1 aromatic carbocycles. The lowest BCUT2D eigenvalue weighted by atomic mass is 10.1. The number of esters is 1. The van der Waals surface area contributed by atoms with E-state index >= 15 is 0 Å². The molecule has 1 aromatic heterocycles. The van der Waals surface area contributed by atoms with Gasteiger partial charge in [-0.15, -0.1) is 24.5 Å². The Morgan fingerprint density at radius 3 is 2.28 bits per heavy atom. The van der Waals surface area contributed by atoms with Crippen molar-refractivity contribution in [2.75, 3.05) is 5.32 Å². The molecule has 14 heteroatoms. The van der Waals surface area contributed by atoms with Gasteiger partial charge >= 0.3 is 12.3 Å². The Balaban J connectivity index is 2.35. The predicted molar refractivity (Wildman–Crippen MR) is 105 cm³/mol. The molecule has 2 aromatic rings. The van der Waals surface area contributed by atoms with Crippen LogP contribution in [0, 0.1) is 5.82 Å². The molecule has 0 aliphatic heterocycles. The molecule has 174 valence electrons. The molecule has 3 N–H and O–H groups in total. The normalized spacial score (nSPS) is 12.7. The summed E-state index contributed by atoms with van der Waals surface area (Å²) in [5.74, 6) is -4.66. The summed E-state index contributed by atoms with van der Waals surface area (Å²) in [7, 11) is -2.28. The fourth-order valence-corrected chi connectivity index (χ4v) is 4.81. The topological polar surface area (TPSA) is 125 Å². The number of primary amides is 1. The highest BCUT2D eigenvalue weighted by molar-refractivity contribution is 7.87. The fourth-order valence-electron chi connectivity index (χ4n) is 2.33. The number of carbonyl (C=O) groups is 3. The molecule has 0 aliphatic carbocycles. The maximum Gasteiger partial charge on any atom is 0.573 e. The summed E-state index contributed by atoms with van der Waals surface area (Å²) in [6.07, 6.45) is -5.04. The summed E-state index contributed by atoms with van der Waals surface area (Å²) < 4.78 is 72.2. The van der Waals surface area contributed by atoms with Crippen LogP contribution in [-0.4, -0.2) is 34.0 Å². The minimum Gasteiger partial charge on any atom is -0.450 e. The van der Waals surface area contributed by atoms with Crippen molar-refractivity contribution < 1.29 is 45.6 Å². The Morgan fingerprint density at radius 1 is 1.16 bits per heavy atom. The lowest BCUT2D eigenvalue weighted by Crippen LogP contribution is -2.41. The number of rotatable bonds is 7. The van der Waals surface area contributed by atoms with Gasteiger partial charge in [-0.1, -0.05) is 0 Å². The number of thiophene rings is 1. The Kier molecular flexibility index (Phi) is 7.29. The minimum absolute atomic E-state index is 0.122. The van der Waals surface area contributed by atoms with E-state index in [2.05, 4.69) is 10.1 Å². The SMILES string of the molecule is CC(=O)OC(C)(C)C(=O)Nc1sc(S(=O)c2ccc(OC(F)(F)F)cc2F)cc1C(N)=O. The Morgan fingerprint density at radius 2 is 1.78 bits per heavy atom. The van der Waals surface area contributed by atoms with E-state index in [1.54, 1.807) is 0 Å². The number of hydrogen-bond acceptors (Lipinski definition) is 7. The summed E-state index contributed by atoms with van der Waals surface area (Å²) in [5.41, 5.74) is 3.41. The van der Waals surface area contributed by atoms with Gasteiger partial charge in [-0.3, -0.25) is 14.4 Å². The molecular formula is C18H16F4N2O6S2. The van der Waals surface area contributed by atoms with E-state index in [0.717, 1.165) is 25.1 Å². The van der Waals surface area contributed by atoms with Crippen LogP contribution in [0.2, 0.25) is 0 Å². The number of halogens is 4. The van der Waals surface area contributed by atoms with Crippen LogP contribution in [0.4, 0.5) is 22.6 Å². The van der Waals surface area contributed by atoms with Gasteiger partial charge in [0.2, 0.25) is 0 Å². The molecule has 0 saturated heterocycles. The lowest BCUT2D eigenvalue weighted by Gasteiger charge is -2.22. The number of alkyl halides is 3. The van der Waals surface area contributed by atoms with E-state index in [1.807, 2.05) is 0 Å². The number of ether oxygens (including phenoxy) is 2. The first kappa shape index (κ1) is 25.3. The molecule has 0 spiro atoms. The van der Waals surface area contributed by atoms with Gasteiger partial charge in [0.05, 0.1) is 25.5 Å². The Bertz CT molecular complexity index is 1100. The van der Waals surface area contributed by atoms with E-state index in [4.69, 9.17) is 10.5 Å². The summed E-state index contributed by atoms with van der Waals surface area (Å²) in [5, 5.41) is 2.21. The van der Waals surface area contributed by atoms with E-state index < -0.39 is 57.0 Å². The van der Waals surface area contributed by atoms with Gasteiger partial charge in [0.25, 0.3) is 11.8 Å². The second-order valence-corrected chi connectivity index (χ2v) is 9.37. The average Bonchev–Trinajstić information content (AvgIpc) is 3.03. The van der Waals surface area contributed by atoms with Gasteiger partial charge in [-0.05, 0) is 32.0 Å². The van der Waals surface area contributed by atoms with Gasteiger partial charge in [-0.2, -0.15) is 0 Å². The van der Waals surface area contributed by atoms with Crippen molar-refractivity contribution in [3.8, 4) is 5.75 Å². The second-order valence-electron chi connectivity index (χ2n) is 6.64. The van der Waals surface area contributed by atoms with Gasteiger partial charge in [-0.25, -0.2) is 8.60 Å². The maximum atomic E-state index is 14.3. The second kappa shape index (κ2) is 9.24. The smallest absolute Gasteiger partial charge is 0.450 e. The number of amides is 2. The number of anilines is 1. The highest BCUT2D eigenvalue weighted by atomic mass is 32.2. The minimum atomic E-state index is -5.04. The summed E-state index contributed by atoms with van der Waals surface area (Å²) in [4.78, 5) is 34.8. The number of nitrogens with one attached hydrogen (secondary N) is 1. The zero-order valence-electron chi connectivity index (χ0n) is 16.7. The highest BCUT2D eigenvalue weighted by Gasteiger charge is 2.33. The maximum absolute atomic E-state index is 14.3. The van der Waals surface area contributed by atoms with Crippen molar-refractivity contribution in [1.82, 2.24) is 0 Å². The van der Waals surface area contributed by atoms with E-state index in [1.165, 1.54) is 13.8 Å². The third-order valence-corrected chi connectivity index (χ3v) is 6.43. The number of carbonyl (C=O) groups excluding carboxylic acids is 3. The first-order chi connectivity index (χ1) is 14.6. The molecule has 1 heterocycles. The average molecular weight is 496 g/mol. The van der Waals surface area contributed by atoms with Crippen molar-refractivity contribution in [3.63, 3.8) is 0 Å². The van der Waals surface area contributed by atoms with Crippen molar-refractivity contribution in [1.29, 1.82) is 0 Å². The fraction of sp³-hybridized carbons (Fsp3) is 0.278. The third kappa shape index (κ3) is 6.26. The summed E-state index contributed by atoms with van der Waals surface area (Å²) in [6, 6.07) is 3.07. The quantitative estimate of drug-likeness (QED) is 0.448. The number of hydrogen-bond donors (Lipinski definition) is 2. The molecule has 0 aliphatic rings. The zero-order chi connectivity index (χ0) is 24.4. The van der Waals surface area contributed by atoms with E-state index in [0.29, 0.717) is 17.4 Å². The molecule has 0 radical (unpaired) electrons. The van der Waals surface area contributed by atoms with Crippen LogP contribution in [0.3, 0.4) is 0 Å². The molecule has 0 saturated carbocycles. The number of nitrogens with two attached hydrogens (primary N) is 1. The molecule has 2 rings (SSSR count). The van der Waals surface area contributed by atoms with E-state index in [-0.39, 0.29) is 14.8 Å². The molecule has 8 nitrogen and oxygen atoms in total. The van der Waals surface area contributed by atoms with Crippen molar-refractivity contribution in [3.05, 3.63) is 35.6 Å². The molecule has 0 bridgehead atoms. The van der Waals surface area contributed by atoms with Gasteiger partial charge < -0.3 is 20.5 Å². The highest BCUT2D eigenvalue weighted by Crippen LogP contribution is 2.35. The van der Waals surface area contributed by atoms with Crippen LogP contribution < -0.4 is 15.8 Å². The van der Waals surface area contributed by atoms with Crippen LogP contribution in [0.25, 0.3) is 0 Å². The molecule has 2 amide bonds.